The number of benzene rings is 1. The summed E-state index contributed by atoms with van der Waals surface area (Å²) in [6.45, 7) is 3.35. The summed E-state index contributed by atoms with van der Waals surface area (Å²) in [5.41, 5.74) is -1.41. The molecule has 2 amide bonds. The van der Waals surface area contributed by atoms with Gasteiger partial charge in [-0.05, 0) is 57.0 Å². The number of rotatable bonds is 5. The fourth-order valence-corrected chi connectivity index (χ4v) is 4.11. The molecule has 2 fully saturated rings. The highest BCUT2D eigenvalue weighted by molar-refractivity contribution is 5.89. The van der Waals surface area contributed by atoms with Crippen molar-refractivity contribution >= 4 is 11.7 Å². The summed E-state index contributed by atoms with van der Waals surface area (Å²) >= 11 is 0. The van der Waals surface area contributed by atoms with Crippen LogP contribution in [0.2, 0.25) is 0 Å². The Morgan fingerprint density at radius 3 is 2.43 bits per heavy atom. The van der Waals surface area contributed by atoms with Gasteiger partial charge in [-0.15, -0.1) is 0 Å². The first kappa shape index (κ1) is 20.9. The number of nitrogens with one attached hydrogen (secondary N) is 1. The molecule has 1 saturated heterocycles. The lowest BCUT2D eigenvalue weighted by Gasteiger charge is -2.35. The highest BCUT2D eigenvalue weighted by Gasteiger charge is 2.34. The molecule has 4 nitrogen and oxygen atoms in total. The molecule has 0 spiro atoms. The average molecular weight is 401 g/mol. The highest BCUT2D eigenvalue weighted by atomic mass is 19.4. The minimum atomic E-state index is -4.80. The van der Waals surface area contributed by atoms with Gasteiger partial charge >= 0.3 is 12.2 Å². The van der Waals surface area contributed by atoms with Gasteiger partial charge in [0.2, 0.25) is 0 Å². The van der Waals surface area contributed by atoms with Crippen LogP contribution in [-0.2, 0) is 6.18 Å². The maximum atomic E-state index is 13.5. The lowest BCUT2D eigenvalue weighted by Crippen LogP contribution is -2.47. The van der Waals surface area contributed by atoms with E-state index in [-0.39, 0.29) is 11.7 Å². The molecule has 0 aromatic heterocycles. The second kappa shape index (κ2) is 9.11. The first-order chi connectivity index (χ1) is 13.3. The van der Waals surface area contributed by atoms with Crippen LogP contribution in [0, 0.1) is 5.82 Å². The van der Waals surface area contributed by atoms with Gasteiger partial charge in [0.25, 0.3) is 0 Å². The fraction of sp³-hybridized carbons (Fsp3) is 0.650. The molecule has 156 valence electrons. The van der Waals surface area contributed by atoms with Crippen LogP contribution in [0.15, 0.2) is 18.2 Å². The van der Waals surface area contributed by atoms with E-state index in [1.165, 1.54) is 6.07 Å². The van der Waals surface area contributed by atoms with Gasteiger partial charge in [-0.1, -0.05) is 19.3 Å². The van der Waals surface area contributed by atoms with E-state index in [1.807, 2.05) is 0 Å². The number of hydrogen-bond donors (Lipinski definition) is 1. The Morgan fingerprint density at radius 1 is 1.11 bits per heavy atom. The van der Waals surface area contributed by atoms with Crippen LogP contribution < -0.4 is 5.32 Å². The Morgan fingerprint density at radius 2 is 1.79 bits per heavy atom. The maximum Gasteiger partial charge on any atom is 0.419 e. The molecule has 0 bridgehead atoms. The maximum absolute atomic E-state index is 13.5. The van der Waals surface area contributed by atoms with E-state index in [2.05, 4.69) is 10.2 Å². The molecule has 1 N–H and O–H groups in total. The molecule has 1 heterocycles. The van der Waals surface area contributed by atoms with E-state index in [1.54, 1.807) is 4.90 Å². The van der Waals surface area contributed by atoms with Gasteiger partial charge in [-0.3, -0.25) is 0 Å². The third kappa shape index (κ3) is 5.37. The average Bonchev–Trinajstić information content (AvgIpc) is 3.17. The normalized spacial score (nSPS) is 19.0. The number of nitrogens with zero attached hydrogens (tertiary/aromatic N) is 2. The van der Waals surface area contributed by atoms with E-state index < -0.39 is 23.6 Å². The van der Waals surface area contributed by atoms with Crippen LogP contribution in [0.1, 0.15) is 50.5 Å². The van der Waals surface area contributed by atoms with E-state index in [9.17, 15) is 22.4 Å². The molecule has 28 heavy (non-hydrogen) atoms. The Bertz CT molecular complexity index is 668. The number of carbonyl (C=O) groups excluding carboxylic acids is 1. The van der Waals surface area contributed by atoms with Gasteiger partial charge < -0.3 is 15.1 Å². The van der Waals surface area contributed by atoms with Crippen molar-refractivity contribution in [2.24, 2.45) is 0 Å². The third-order valence-electron chi connectivity index (χ3n) is 5.66. The fourth-order valence-electron chi connectivity index (χ4n) is 4.11. The number of hydrogen-bond acceptors (Lipinski definition) is 2. The van der Waals surface area contributed by atoms with E-state index in [0.29, 0.717) is 12.6 Å². The van der Waals surface area contributed by atoms with Crippen molar-refractivity contribution in [2.75, 3.05) is 31.5 Å². The van der Waals surface area contributed by atoms with E-state index in [0.717, 1.165) is 70.6 Å². The SMILES string of the molecule is O=C(Nc1ccc(F)c(C(F)(F)F)c1)N(CCN1CCCC1)C1CCCCC1. The molecule has 8 heteroatoms. The number of anilines is 1. The van der Waals surface area contributed by atoms with Gasteiger partial charge in [0.15, 0.2) is 0 Å². The topological polar surface area (TPSA) is 35.6 Å². The van der Waals surface area contributed by atoms with Crippen molar-refractivity contribution in [1.82, 2.24) is 9.80 Å². The van der Waals surface area contributed by atoms with Crippen LogP contribution in [-0.4, -0.2) is 48.1 Å². The molecule has 1 aromatic rings. The molecule has 1 saturated carbocycles. The van der Waals surface area contributed by atoms with Gasteiger partial charge in [0.1, 0.15) is 5.82 Å². The minimum absolute atomic E-state index is 0.0410. The summed E-state index contributed by atoms with van der Waals surface area (Å²) in [4.78, 5) is 17.0. The minimum Gasteiger partial charge on any atom is -0.320 e. The summed E-state index contributed by atoms with van der Waals surface area (Å²) in [5, 5.41) is 2.56. The number of carbonyl (C=O) groups is 1. The number of amides is 2. The number of likely N-dealkylation sites (tertiary alicyclic amines) is 1. The van der Waals surface area contributed by atoms with E-state index in [4.69, 9.17) is 0 Å². The molecule has 1 aliphatic carbocycles. The van der Waals surface area contributed by atoms with Crippen LogP contribution in [0.5, 0.6) is 0 Å². The number of urea groups is 1. The van der Waals surface area contributed by atoms with Gasteiger partial charge in [0.05, 0.1) is 5.56 Å². The van der Waals surface area contributed by atoms with Gasteiger partial charge in [-0.2, -0.15) is 13.2 Å². The van der Waals surface area contributed by atoms with Crippen molar-refractivity contribution in [3.63, 3.8) is 0 Å². The number of alkyl halides is 3. The smallest absolute Gasteiger partial charge is 0.320 e. The molecule has 0 unspecified atom stereocenters. The number of halogens is 4. The summed E-state index contributed by atoms with van der Waals surface area (Å²) in [6.07, 6.45) is 2.57. The second-order valence-electron chi connectivity index (χ2n) is 7.66. The monoisotopic (exact) mass is 401 g/mol. The summed E-state index contributed by atoms with van der Waals surface area (Å²) in [7, 11) is 0. The lowest BCUT2D eigenvalue weighted by molar-refractivity contribution is -0.139. The molecule has 1 aromatic carbocycles. The Hall–Kier alpha value is -1.83. The van der Waals surface area contributed by atoms with Crippen LogP contribution in [0.3, 0.4) is 0 Å². The van der Waals surface area contributed by atoms with Gasteiger partial charge in [0, 0.05) is 24.8 Å². The molecular formula is C20H27F4N3O. The largest absolute Gasteiger partial charge is 0.419 e. The Labute approximate surface area is 162 Å². The zero-order valence-electron chi connectivity index (χ0n) is 15.9. The van der Waals surface area contributed by atoms with Crippen molar-refractivity contribution in [1.29, 1.82) is 0 Å². The third-order valence-corrected chi connectivity index (χ3v) is 5.66. The van der Waals surface area contributed by atoms with Gasteiger partial charge in [-0.25, -0.2) is 9.18 Å². The quantitative estimate of drug-likeness (QED) is 0.696. The molecule has 2 aliphatic rings. The van der Waals surface area contributed by atoms with E-state index >= 15 is 0 Å². The predicted octanol–water partition coefficient (Wildman–Crippen LogP) is 5.11. The summed E-state index contributed by atoms with van der Waals surface area (Å²) < 4.78 is 52.3. The molecule has 0 atom stereocenters. The van der Waals surface area contributed by atoms with Crippen LogP contribution >= 0.6 is 0 Å². The molecule has 3 rings (SSSR count). The first-order valence-electron chi connectivity index (χ1n) is 10.0. The zero-order chi connectivity index (χ0) is 20.1. The predicted molar refractivity (Wildman–Crippen MR) is 99.7 cm³/mol. The Balaban J connectivity index is 1.71. The van der Waals surface area contributed by atoms with Crippen LogP contribution in [0.25, 0.3) is 0 Å². The lowest BCUT2D eigenvalue weighted by atomic mass is 9.94. The molecule has 0 radical (unpaired) electrons. The van der Waals surface area contributed by atoms with Crippen LogP contribution in [0.4, 0.5) is 28.0 Å². The standard InChI is InChI=1S/C20H27F4N3O/c21-18-9-8-15(14-17(18)20(22,23)24)25-19(28)27(16-6-2-1-3-7-16)13-12-26-10-4-5-11-26/h8-9,14,16H,1-7,10-13H2,(H,25,28). The first-order valence-corrected chi connectivity index (χ1v) is 10.0. The molecular weight excluding hydrogens is 374 g/mol. The highest BCUT2D eigenvalue weighted by Crippen LogP contribution is 2.33. The Kier molecular flexibility index (Phi) is 6.80. The van der Waals surface area contributed by atoms with Crippen molar-refractivity contribution in [2.45, 2.75) is 57.2 Å². The van der Waals surface area contributed by atoms with Crippen molar-refractivity contribution in [3.8, 4) is 0 Å². The summed E-state index contributed by atoms with van der Waals surface area (Å²) in [5.74, 6) is -1.34. The van der Waals surface area contributed by atoms with Crippen molar-refractivity contribution < 1.29 is 22.4 Å². The zero-order valence-corrected chi connectivity index (χ0v) is 15.9. The second-order valence-corrected chi connectivity index (χ2v) is 7.66. The van der Waals surface area contributed by atoms with Crippen molar-refractivity contribution in [3.05, 3.63) is 29.6 Å². The summed E-state index contributed by atoms with van der Waals surface area (Å²) in [6, 6.07) is 2.26. The molecule has 1 aliphatic heterocycles.